The molecule has 0 spiro atoms. The second kappa shape index (κ2) is 7.19. The fourth-order valence-electron chi connectivity index (χ4n) is 2.32. The summed E-state index contributed by atoms with van der Waals surface area (Å²) in [5.41, 5.74) is 4.55. The van der Waals surface area contributed by atoms with Gasteiger partial charge in [-0.3, -0.25) is 9.69 Å². The third-order valence-electron chi connectivity index (χ3n) is 3.67. The maximum Gasteiger partial charge on any atom is 0.176 e. The summed E-state index contributed by atoms with van der Waals surface area (Å²) in [5, 5.41) is 0. The van der Waals surface area contributed by atoms with E-state index >= 15 is 0 Å². The first-order valence-corrected chi connectivity index (χ1v) is 7.44. The Morgan fingerprint density at radius 2 is 1.52 bits per heavy atom. The van der Waals surface area contributed by atoms with E-state index in [1.807, 2.05) is 31.3 Å². The number of aryl methyl sites for hydroxylation is 2. The van der Waals surface area contributed by atoms with Crippen molar-refractivity contribution in [2.75, 3.05) is 13.6 Å². The van der Waals surface area contributed by atoms with Gasteiger partial charge < -0.3 is 0 Å². The number of likely N-dealkylation sites (N-methyl/N-ethyl adjacent to an activating group) is 1. The average Bonchev–Trinajstić information content (AvgIpc) is 2.49. The van der Waals surface area contributed by atoms with Gasteiger partial charge in [0.2, 0.25) is 0 Å². The Bertz CT molecular complexity index is 584. The van der Waals surface area contributed by atoms with Crippen molar-refractivity contribution >= 4 is 5.78 Å². The van der Waals surface area contributed by atoms with Gasteiger partial charge in [-0.15, -0.1) is 0 Å². The Morgan fingerprint density at radius 1 is 0.952 bits per heavy atom. The Kier molecular flexibility index (Phi) is 5.29. The molecule has 0 atom stereocenters. The molecule has 2 aromatic carbocycles. The molecule has 2 heteroatoms. The molecule has 0 aliphatic carbocycles. The summed E-state index contributed by atoms with van der Waals surface area (Å²) in [6.07, 6.45) is 1.00. The van der Waals surface area contributed by atoms with E-state index in [4.69, 9.17) is 0 Å². The zero-order valence-electron chi connectivity index (χ0n) is 13.1. The van der Waals surface area contributed by atoms with Gasteiger partial charge in [-0.1, -0.05) is 61.0 Å². The van der Waals surface area contributed by atoms with Crippen LogP contribution in [0, 0.1) is 6.92 Å². The van der Waals surface area contributed by atoms with Crippen LogP contribution >= 0.6 is 0 Å². The lowest BCUT2D eigenvalue weighted by atomic mass is 10.1. The number of rotatable bonds is 6. The van der Waals surface area contributed by atoms with Gasteiger partial charge in [0.15, 0.2) is 5.78 Å². The van der Waals surface area contributed by atoms with Crippen LogP contribution in [0.15, 0.2) is 48.5 Å². The fraction of sp³-hybridized carbons (Fsp3) is 0.316. The van der Waals surface area contributed by atoms with Crippen LogP contribution in [0.4, 0.5) is 0 Å². The highest BCUT2D eigenvalue weighted by Crippen LogP contribution is 2.09. The molecular formula is C19H23NO. The molecule has 0 heterocycles. The van der Waals surface area contributed by atoms with Gasteiger partial charge in [0, 0.05) is 12.1 Å². The molecule has 21 heavy (non-hydrogen) atoms. The second-order valence-electron chi connectivity index (χ2n) is 5.63. The number of hydrogen-bond acceptors (Lipinski definition) is 2. The molecule has 0 amide bonds. The van der Waals surface area contributed by atoms with E-state index in [1.54, 1.807) is 0 Å². The Balaban J connectivity index is 1.93. The van der Waals surface area contributed by atoms with Crippen LogP contribution in [0.25, 0.3) is 0 Å². The Morgan fingerprint density at radius 3 is 2.10 bits per heavy atom. The highest BCUT2D eigenvalue weighted by Gasteiger charge is 2.09. The van der Waals surface area contributed by atoms with E-state index in [-0.39, 0.29) is 5.78 Å². The number of hydrogen-bond donors (Lipinski definition) is 0. The molecule has 2 aromatic rings. The third kappa shape index (κ3) is 4.54. The lowest BCUT2D eigenvalue weighted by Gasteiger charge is -2.16. The zero-order valence-corrected chi connectivity index (χ0v) is 13.1. The lowest BCUT2D eigenvalue weighted by molar-refractivity contribution is 0.0943. The summed E-state index contributed by atoms with van der Waals surface area (Å²) in [7, 11) is 1.98. The maximum atomic E-state index is 12.3. The molecule has 0 saturated carbocycles. The van der Waals surface area contributed by atoms with E-state index in [9.17, 15) is 4.79 Å². The molecule has 2 nitrogen and oxygen atoms in total. The van der Waals surface area contributed by atoms with Crippen LogP contribution in [0.1, 0.15) is 34.0 Å². The van der Waals surface area contributed by atoms with E-state index in [0.717, 1.165) is 18.5 Å². The molecule has 0 fully saturated rings. The van der Waals surface area contributed by atoms with Crippen LogP contribution in [0.2, 0.25) is 0 Å². The molecule has 0 aliphatic heterocycles. The summed E-state index contributed by atoms with van der Waals surface area (Å²) >= 11 is 0. The average molecular weight is 281 g/mol. The predicted molar refractivity (Wildman–Crippen MR) is 87.7 cm³/mol. The van der Waals surface area contributed by atoms with Gasteiger partial charge >= 0.3 is 0 Å². The summed E-state index contributed by atoms with van der Waals surface area (Å²) in [6, 6.07) is 16.4. The molecule has 0 aliphatic rings. The Hall–Kier alpha value is -1.93. The smallest absolute Gasteiger partial charge is 0.176 e. The van der Waals surface area contributed by atoms with Crippen molar-refractivity contribution < 1.29 is 4.79 Å². The van der Waals surface area contributed by atoms with Gasteiger partial charge in [0.25, 0.3) is 0 Å². The molecular weight excluding hydrogens is 258 g/mol. The number of Topliss-reactive ketones (excluding diaryl/α,β-unsaturated/α-hetero) is 1. The zero-order chi connectivity index (χ0) is 15.2. The first kappa shape index (κ1) is 15.5. The molecule has 0 N–H and O–H groups in total. The van der Waals surface area contributed by atoms with Crippen molar-refractivity contribution in [3.63, 3.8) is 0 Å². The normalized spacial score (nSPS) is 10.9. The van der Waals surface area contributed by atoms with Crippen molar-refractivity contribution in [2.45, 2.75) is 26.8 Å². The minimum absolute atomic E-state index is 0.173. The molecule has 0 bridgehead atoms. The van der Waals surface area contributed by atoms with E-state index < -0.39 is 0 Å². The van der Waals surface area contributed by atoms with Crippen molar-refractivity contribution in [1.82, 2.24) is 4.90 Å². The third-order valence-corrected chi connectivity index (χ3v) is 3.67. The Labute approximate surface area is 127 Å². The van der Waals surface area contributed by atoms with Crippen LogP contribution in [0.5, 0.6) is 0 Å². The van der Waals surface area contributed by atoms with Gasteiger partial charge in [-0.2, -0.15) is 0 Å². The van der Waals surface area contributed by atoms with Gasteiger partial charge in [0.05, 0.1) is 6.54 Å². The molecule has 0 radical (unpaired) electrons. The monoisotopic (exact) mass is 281 g/mol. The van der Waals surface area contributed by atoms with Crippen molar-refractivity contribution in [3.05, 3.63) is 70.8 Å². The van der Waals surface area contributed by atoms with Crippen molar-refractivity contribution in [3.8, 4) is 0 Å². The number of carbonyl (C=O) groups excluding carboxylic acids is 1. The van der Waals surface area contributed by atoms with Crippen LogP contribution < -0.4 is 0 Å². The highest BCUT2D eigenvalue weighted by molar-refractivity contribution is 5.97. The standard InChI is InChI=1S/C19H23NO/c1-4-16-9-11-18(12-10-16)19(21)14-20(3)13-17-7-5-15(2)6-8-17/h5-12H,4,13-14H2,1-3H3. The molecule has 110 valence electrons. The topological polar surface area (TPSA) is 20.3 Å². The number of carbonyl (C=O) groups is 1. The fourth-order valence-corrected chi connectivity index (χ4v) is 2.32. The number of ketones is 1. The number of benzene rings is 2. The summed E-state index contributed by atoms with van der Waals surface area (Å²) < 4.78 is 0. The van der Waals surface area contributed by atoms with Crippen LogP contribution in [-0.2, 0) is 13.0 Å². The highest BCUT2D eigenvalue weighted by atomic mass is 16.1. The quantitative estimate of drug-likeness (QED) is 0.749. The van der Waals surface area contributed by atoms with Gasteiger partial charge in [-0.05, 0) is 31.5 Å². The minimum atomic E-state index is 0.173. The van der Waals surface area contributed by atoms with Crippen LogP contribution in [-0.4, -0.2) is 24.3 Å². The minimum Gasteiger partial charge on any atom is -0.295 e. The van der Waals surface area contributed by atoms with Crippen LogP contribution in [0.3, 0.4) is 0 Å². The molecule has 0 saturated heterocycles. The largest absolute Gasteiger partial charge is 0.295 e. The van der Waals surface area contributed by atoms with Crippen molar-refractivity contribution in [1.29, 1.82) is 0 Å². The summed E-state index contributed by atoms with van der Waals surface area (Å²) in [5.74, 6) is 0.173. The molecule has 0 aromatic heterocycles. The lowest BCUT2D eigenvalue weighted by Crippen LogP contribution is -2.25. The van der Waals surface area contributed by atoms with Gasteiger partial charge in [0.1, 0.15) is 0 Å². The first-order valence-electron chi connectivity index (χ1n) is 7.44. The van der Waals surface area contributed by atoms with Gasteiger partial charge in [-0.25, -0.2) is 0 Å². The molecule has 2 rings (SSSR count). The van der Waals surface area contributed by atoms with E-state index in [0.29, 0.717) is 6.54 Å². The SMILES string of the molecule is CCc1ccc(C(=O)CN(C)Cc2ccc(C)cc2)cc1. The van der Waals surface area contributed by atoms with E-state index in [2.05, 4.69) is 43.0 Å². The predicted octanol–water partition coefficient (Wildman–Crippen LogP) is 3.87. The second-order valence-corrected chi connectivity index (χ2v) is 5.63. The van der Waals surface area contributed by atoms with E-state index in [1.165, 1.54) is 16.7 Å². The first-order chi connectivity index (χ1) is 10.1. The molecule has 0 unspecified atom stereocenters. The summed E-state index contributed by atoms with van der Waals surface area (Å²) in [6.45, 7) is 5.43. The maximum absolute atomic E-state index is 12.3. The number of nitrogens with zero attached hydrogens (tertiary/aromatic N) is 1. The summed E-state index contributed by atoms with van der Waals surface area (Å²) in [4.78, 5) is 14.3. The van der Waals surface area contributed by atoms with Crippen molar-refractivity contribution in [2.24, 2.45) is 0 Å².